The van der Waals surface area contributed by atoms with E-state index in [-0.39, 0.29) is 5.91 Å². The van der Waals surface area contributed by atoms with Crippen molar-refractivity contribution in [3.8, 4) is 0 Å². The van der Waals surface area contributed by atoms with Gasteiger partial charge in [-0.3, -0.25) is 4.79 Å². The summed E-state index contributed by atoms with van der Waals surface area (Å²) < 4.78 is 0. The number of anilines is 2. The summed E-state index contributed by atoms with van der Waals surface area (Å²) in [7, 11) is 0. The minimum absolute atomic E-state index is 0.0724. The van der Waals surface area contributed by atoms with Gasteiger partial charge in [-0.1, -0.05) is 37.6 Å². The molecule has 1 unspecified atom stereocenters. The summed E-state index contributed by atoms with van der Waals surface area (Å²) in [4.78, 5) is 12.3. The Labute approximate surface area is 132 Å². The first-order valence-electron chi connectivity index (χ1n) is 7.83. The van der Waals surface area contributed by atoms with E-state index in [4.69, 9.17) is 0 Å². The molecule has 0 aliphatic carbocycles. The van der Waals surface area contributed by atoms with E-state index in [1.165, 1.54) is 0 Å². The lowest BCUT2D eigenvalue weighted by molar-refractivity contribution is 0.102. The molecule has 2 N–H and O–H groups in total. The molecule has 0 radical (unpaired) electrons. The van der Waals surface area contributed by atoms with E-state index in [2.05, 4.69) is 24.5 Å². The Balaban J connectivity index is 2.07. The molecule has 0 bridgehead atoms. The SMILES string of the molecule is CCCC(C)Nc1cccc(NC(=O)c2ccccc2C)c1. The minimum Gasteiger partial charge on any atom is -0.383 e. The standard InChI is InChI=1S/C19H24N2O/c1-4-8-15(3)20-16-10-7-11-17(13-16)21-19(22)18-12-6-5-9-14(18)2/h5-7,9-13,15,20H,4,8H2,1-3H3,(H,21,22). The molecule has 3 heteroatoms. The van der Waals surface area contributed by atoms with Crippen LogP contribution in [0, 0.1) is 6.92 Å². The fourth-order valence-electron chi connectivity index (χ4n) is 2.50. The molecule has 3 nitrogen and oxygen atoms in total. The molecule has 0 heterocycles. The van der Waals surface area contributed by atoms with Crippen molar-refractivity contribution < 1.29 is 4.79 Å². The fraction of sp³-hybridized carbons (Fsp3) is 0.316. The maximum Gasteiger partial charge on any atom is 0.255 e. The predicted molar refractivity (Wildman–Crippen MR) is 93.6 cm³/mol. The number of hydrogen-bond acceptors (Lipinski definition) is 2. The highest BCUT2D eigenvalue weighted by Gasteiger charge is 2.09. The highest BCUT2D eigenvalue weighted by Crippen LogP contribution is 2.18. The van der Waals surface area contributed by atoms with Crippen LogP contribution in [0.2, 0.25) is 0 Å². The number of aryl methyl sites for hydroxylation is 1. The first kappa shape index (κ1) is 16.1. The number of amides is 1. The lowest BCUT2D eigenvalue weighted by atomic mass is 10.1. The molecule has 0 aliphatic heterocycles. The van der Waals surface area contributed by atoms with E-state index < -0.39 is 0 Å². The van der Waals surface area contributed by atoms with E-state index >= 15 is 0 Å². The number of nitrogens with one attached hydrogen (secondary N) is 2. The molecule has 0 aromatic heterocycles. The number of carbonyl (C=O) groups is 1. The van der Waals surface area contributed by atoms with Gasteiger partial charge >= 0.3 is 0 Å². The molecule has 116 valence electrons. The lowest BCUT2D eigenvalue weighted by Crippen LogP contribution is -2.16. The number of benzene rings is 2. The normalized spacial score (nSPS) is 11.8. The molecule has 2 aromatic carbocycles. The summed E-state index contributed by atoms with van der Waals surface area (Å²) in [5.41, 5.74) is 3.52. The van der Waals surface area contributed by atoms with Gasteiger partial charge in [-0.05, 0) is 50.1 Å². The van der Waals surface area contributed by atoms with Crippen LogP contribution in [0.15, 0.2) is 48.5 Å². The Morgan fingerprint density at radius 1 is 1.09 bits per heavy atom. The number of rotatable bonds is 6. The van der Waals surface area contributed by atoms with Crippen LogP contribution in [0.4, 0.5) is 11.4 Å². The van der Waals surface area contributed by atoms with Gasteiger partial charge in [0.15, 0.2) is 0 Å². The second-order valence-electron chi connectivity index (χ2n) is 5.68. The van der Waals surface area contributed by atoms with E-state index in [9.17, 15) is 4.79 Å². The molecule has 0 saturated carbocycles. The maximum absolute atomic E-state index is 12.3. The second-order valence-corrected chi connectivity index (χ2v) is 5.68. The summed E-state index contributed by atoms with van der Waals surface area (Å²) in [6, 6.07) is 15.9. The molecular formula is C19H24N2O. The molecule has 1 amide bonds. The fourth-order valence-corrected chi connectivity index (χ4v) is 2.50. The van der Waals surface area contributed by atoms with E-state index in [0.717, 1.165) is 29.8 Å². The van der Waals surface area contributed by atoms with Crippen molar-refractivity contribution in [2.75, 3.05) is 10.6 Å². The van der Waals surface area contributed by atoms with Gasteiger partial charge in [0.05, 0.1) is 0 Å². The summed E-state index contributed by atoms with van der Waals surface area (Å²) in [6.07, 6.45) is 2.28. The van der Waals surface area contributed by atoms with Gasteiger partial charge in [0.25, 0.3) is 5.91 Å². The Morgan fingerprint density at radius 2 is 1.82 bits per heavy atom. The molecule has 0 saturated heterocycles. The van der Waals surface area contributed by atoms with Crippen LogP contribution in [0.1, 0.15) is 42.6 Å². The van der Waals surface area contributed by atoms with Gasteiger partial charge in [-0.25, -0.2) is 0 Å². The Hall–Kier alpha value is -2.29. The third-order valence-corrected chi connectivity index (χ3v) is 3.64. The Morgan fingerprint density at radius 3 is 2.55 bits per heavy atom. The molecule has 2 aromatic rings. The highest BCUT2D eigenvalue weighted by atomic mass is 16.1. The molecule has 22 heavy (non-hydrogen) atoms. The zero-order valence-corrected chi connectivity index (χ0v) is 13.5. The van der Waals surface area contributed by atoms with E-state index in [0.29, 0.717) is 11.6 Å². The van der Waals surface area contributed by atoms with Gasteiger partial charge < -0.3 is 10.6 Å². The van der Waals surface area contributed by atoms with Crippen molar-refractivity contribution in [3.63, 3.8) is 0 Å². The van der Waals surface area contributed by atoms with Gasteiger partial charge in [0.2, 0.25) is 0 Å². The molecule has 0 spiro atoms. The summed E-state index contributed by atoms with van der Waals surface area (Å²) in [5, 5.41) is 6.42. The summed E-state index contributed by atoms with van der Waals surface area (Å²) in [5.74, 6) is -0.0724. The average molecular weight is 296 g/mol. The van der Waals surface area contributed by atoms with Crippen LogP contribution in [0.5, 0.6) is 0 Å². The first-order chi connectivity index (χ1) is 10.6. The second kappa shape index (κ2) is 7.64. The van der Waals surface area contributed by atoms with Gasteiger partial charge in [-0.2, -0.15) is 0 Å². The summed E-state index contributed by atoms with van der Waals surface area (Å²) in [6.45, 7) is 6.29. The molecule has 0 fully saturated rings. The van der Waals surface area contributed by atoms with Crippen LogP contribution in [0.3, 0.4) is 0 Å². The highest BCUT2D eigenvalue weighted by molar-refractivity contribution is 6.05. The summed E-state index contributed by atoms with van der Waals surface area (Å²) >= 11 is 0. The number of hydrogen-bond donors (Lipinski definition) is 2. The first-order valence-corrected chi connectivity index (χ1v) is 7.83. The Kier molecular flexibility index (Phi) is 5.59. The van der Waals surface area contributed by atoms with Crippen molar-refractivity contribution in [2.45, 2.75) is 39.7 Å². The van der Waals surface area contributed by atoms with Crippen molar-refractivity contribution >= 4 is 17.3 Å². The quantitative estimate of drug-likeness (QED) is 0.800. The molecular weight excluding hydrogens is 272 g/mol. The smallest absolute Gasteiger partial charge is 0.255 e. The monoisotopic (exact) mass is 296 g/mol. The van der Waals surface area contributed by atoms with Crippen molar-refractivity contribution in [1.82, 2.24) is 0 Å². The van der Waals surface area contributed by atoms with Crippen LogP contribution in [0.25, 0.3) is 0 Å². The van der Waals surface area contributed by atoms with Crippen LogP contribution < -0.4 is 10.6 Å². The predicted octanol–water partition coefficient (Wildman–Crippen LogP) is 4.85. The van der Waals surface area contributed by atoms with E-state index in [1.54, 1.807) is 0 Å². The van der Waals surface area contributed by atoms with Crippen molar-refractivity contribution in [3.05, 3.63) is 59.7 Å². The van der Waals surface area contributed by atoms with Crippen molar-refractivity contribution in [1.29, 1.82) is 0 Å². The van der Waals surface area contributed by atoms with Crippen LogP contribution in [-0.4, -0.2) is 11.9 Å². The zero-order valence-electron chi connectivity index (χ0n) is 13.5. The number of carbonyl (C=O) groups excluding carboxylic acids is 1. The van der Waals surface area contributed by atoms with Gasteiger partial charge in [0, 0.05) is 23.0 Å². The molecule has 0 aliphatic rings. The van der Waals surface area contributed by atoms with Gasteiger partial charge in [-0.15, -0.1) is 0 Å². The third kappa shape index (κ3) is 4.35. The minimum atomic E-state index is -0.0724. The lowest BCUT2D eigenvalue weighted by Gasteiger charge is -2.15. The largest absolute Gasteiger partial charge is 0.383 e. The van der Waals surface area contributed by atoms with Crippen LogP contribution in [-0.2, 0) is 0 Å². The van der Waals surface area contributed by atoms with Gasteiger partial charge in [0.1, 0.15) is 0 Å². The van der Waals surface area contributed by atoms with Crippen LogP contribution >= 0.6 is 0 Å². The Bertz CT molecular complexity index is 637. The zero-order chi connectivity index (χ0) is 15.9. The third-order valence-electron chi connectivity index (χ3n) is 3.64. The van der Waals surface area contributed by atoms with Crippen molar-refractivity contribution in [2.24, 2.45) is 0 Å². The average Bonchev–Trinajstić information content (AvgIpc) is 2.48. The molecule has 2 rings (SSSR count). The van der Waals surface area contributed by atoms with E-state index in [1.807, 2.05) is 55.5 Å². The topological polar surface area (TPSA) is 41.1 Å². The maximum atomic E-state index is 12.3. The molecule has 1 atom stereocenters.